The number of alkyl halides is 2. The SMILES string of the molecule is CN(C(=O)c1cc(NC(=O)C2C(c3cc(Cl)cc(Cl)c3)C2(Cl)Cl)ccc1F)c1ccccc1. The molecule has 0 saturated heterocycles. The first-order valence-electron chi connectivity index (χ1n) is 9.87. The van der Waals surface area contributed by atoms with Gasteiger partial charge in [-0.05, 0) is 54.1 Å². The zero-order valence-corrected chi connectivity index (χ0v) is 20.2. The van der Waals surface area contributed by atoms with Crippen molar-refractivity contribution in [2.45, 2.75) is 10.3 Å². The summed E-state index contributed by atoms with van der Waals surface area (Å²) in [5.74, 6) is -3.05. The molecule has 170 valence electrons. The molecule has 33 heavy (non-hydrogen) atoms. The number of benzene rings is 3. The Morgan fingerprint density at radius 1 is 0.970 bits per heavy atom. The van der Waals surface area contributed by atoms with Gasteiger partial charge in [0, 0.05) is 34.4 Å². The molecule has 1 aliphatic carbocycles. The van der Waals surface area contributed by atoms with Crippen LogP contribution in [0, 0.1) is 11.7 Å². The van der Waals surface area contributed by atoms with Gasteiger partial charge in [-0.15, -0.1) is 23.2 Å². The average Bonchev–Trinajstić information content (AvgIpc) is 3.36. The van der Waals surface area contributed by atoms with E-state index in [0.29, 0.717) is 21.3 Å². The minimum atomic E-state index is -1.36. The van der Waals surface area contributed by atoms with E-state index >= 15 is 0 Å². The highest BCUT2D eigenvalue weighted by atomic mass is 35.5. The second-order valence-electron chi connectivity index (χ2n) is 7.72. The lowest BCUT2D eigenvalue weighted by Crippen LogP contribution is -2.27. The summed E-state index contributed by atoms with van der Waals surface area (Å²) in [6.07, 6.45) is 0. The molecule has 0 bridgehead atoms. The summed E-state index contributed by atoms with van der Waals surface area (Å²) >= 11 is 24.9. The fraction of sp³-hybridized carbons (Fsp3) is 0.167. The highest BCUT2D eigenvalue weighted by Crippen LogP contribution is 2.65. The van der Waals surface area contributed by atoms with Gasteiger partial charge < -0.3 is 10.2 Å². The van der Waals surface area contributed by atoms with Gasteiger partial charge in [0.2, 0.25) is 5.91 Å². The van der Waals surface area contributed by atoms with Crippen molar-refractivity contribution in [1.82, 2.24) is 0 Å². The summed E-state index contributed by atoms with van der Waals surface area (Å²) in [7, 11) is 1.54. The van der Waals surface area contributed by atoms with E-state index < -0.39 is 33.8 Å². The van der Waals surface area contributed by atoms with Gasteiger partial charge in [0.25, 0.3) is 5.91 Å². The minimum Gasteiger partial charge on any atom is -0.326 e. The maximum Gasteiger partial charge on any atom is 0.261 e. The number of anilines is 2. The molecule has 0 aromatic heterocycles. The number of nitrogens with zero attached hydrogens (tertiary/aromatic N) is 1. The van der Waals surface area contributed by atoms with Crippen LogP contribution in [0.5, 0.6) is 0 Å². The molecular formula is C24H17Cl4FN2O2. The van der Waals surface area contributed by atoms with Crippen LogP contribution in [0.25, 0.3) is 0 Å². The smallest absolute Gasteiger partial charge is 0.261 e. The predicted octanol–water partition coefficient (Wildman–Crippen LogP) is 6.94. The Bertz CT molecular complexity index is 1220. The Kier molecular flexibility index (Phi) is 6.61. The van der Waals surface area contributed by atoms with Crippen molar-refractivity contribution < 1.29 is 14.0 Å². The minimum absolute atomic E-state index is 0.184. The summed E-state index contributed by atoms with van der Waals surface area (Å²) in [5.41, 5.74) is 1.30. The topological polar surface area (TPSA) is 49.4 Å². The van der Waals surface area contributed by atoms with Crippen molar-refractivity contribution in [3.8, 4) is 0 Å². The number of amides is 2. The van der Waals surface area contributed by atoms with Crippen molar-refractivity contribution >= 4 is 69.6 Å². The van der Waals surface area contributed by atoms with Gasteiger partial charge in [-0.3, -0.25) is 9.59 Å². The van der Waals surface area contributed by atoms with Gasteiger partial charge in [0.05, 0.1) is 11.5 Å². The largest absolute Gasteiger partial charge is 0.326 e. The third-order valence-electron chi connectivity index (χ3n) is 5.49. The number of nitrogens with one attached hydrogen (secondary N) is 1. The molecule has 0 radical (unpaired) electrons. The predicted molar refractivity (Wildman–Crippen MR) is 131 cm³/mol. The van der Waals surface area contributed by atoms with E-state index in [9.17, 15) is 14.0 Å². The number of hydrogen-bond donors (Lipinski definition) is 1. The van der Waals surface area contributed by atoms with Crippen LogP contribution < -0.4 is 10.2 Å². The van der Waals surface area contributed by atoms with Crippen LogP contribution in [0.2, 0.25) is 10.0 Å². The van der Waals surface area contributed by atoms with Crippen LogP contribution in [0.15, 0.2) is 66.7 Å². The summed E-state index contributed by atoms with van der Waals surface area (Å²) < 4.78 is 13.1. The molecule has 2 atom stereocenters. The highest BCUT2D eigenvalue weighted by molar-refractivity contribution is 6.53. The van der Waals surface area contributed by atoms with E-state index in [2.05, 4.69) is 5.32 Å². The molecule has 1 N–H and O–H groups in total. The zero-order valence-electron chi connectivity index (χ0n) is 17.2. The van der Waals surface area contributed by atoms with Crippen LogP contribution in [-0.4, -0.2) is 23.2 Å². The summed E-state index contributed by atoms with van der Waals surface area (Å²) in [5, 5.41) is 3.48. The molecule has 1 aliphatic rings. The molecule has 0 aliphatic heterocycles. The van der Waals surface area contributed by atoms with E-state index in [0.717, 1.165) is 6.07 Å². The Hall–Kier alpha value is -2.31. The first-order chi connectivity index (χ1) is 15.6. The van der Waals surface area contributed by atoms with Crippen LogP contribution in [0.4, 0.5) is 15.8 Å². The number of halogens is 5. The quantitative estimate of drug-likeness (QED) is 0.367. The molecule has 0 spiro atoms. The van der Waals surface area contributed by atoms with E-state index in [1.807, 2.05) is 6.07 Å². The van der Waals surface area contributed by atoms with Crippen molar-refractivity contribution in [3.63, 3.8) is 0 Å². The molecule has 2 unspecified atom stereocenters. The molecule has 2 amide bonds. The van der Waals surface area contributed by atoms with E-state index in [4.69, 9.17) is 46.4 Å². The zero-order chi connectivity index (χ0) is 23.9. The maximum atomic E-state index is 14.5. The van der Waals surface area contributed by atoms with Gasteiger partial charge in [-0.1, -0.05) is 41.4 Å². The first kappa shape index (κ1) is 23.8. The molecule has 4 nitrogen and oxygen atoms in total. The molecule has 0 heterocycles. The lowest BCUT2D eigenvalue weighted by atomic mass is 10.1. The monoisotopic (exact) mass is 524 g/mol. The summed E-state index contributed by atoms with van der Waals surface area (Å²) in [6.45, 7) is 0. The Morgan fingerprint density at radius 3 is 2.24 bits per heavy atom. The molecule has 1 fully saturated rings. The van der Waals surface area contributed by atoms with Crippen LogP contribution >= 0.6 is 46.4 Å². The lowest BCUT2D eigenvalue weighted by molar-refractivity contribution is -0.117. The molecule has 1 saturated carbocycles. The number of carbonyl (C=O) groups is 2. The van der Waals surface area contributed by atoms with Crippen LogP contribution in [-0.2, 0) is 4.79 Å². The van der Waals surface area contributed by atoms with Crippen molar-refractivity contribution in [2.75, 3.05) is 17.3 Å². The normalized spacial score (nSPS) is 18.5. The number of carbonyl (C=O) groups excluding carboxylic acids is 2. The Labute approximate surface area is 210 Å². The molecule has 4 rings (SSSR count). The average molecular weight is 526 g/mol. The van der Waals surface area contributed by atoms with Gasteiger partial charge in [-0.25, -0.2) is 4.39 Å². The second kappa shape index (κ2) is 9.15. The number of para-hydroxylation sites is 1. The molecule has 3 aromatic carbocycles. The molecular weight excluding hydrogens is 509 g/mol. The Balaban J connectivity index is 1.54. The van der Waals surface area contributed by atoms with Gasteiger partial charge in [0.15, 0.2) is 0 Å². The third-order valence-corrected chi connectivity index (χ3v) is 6.87. The molecule has 3 aromatic rings. The fourth-order valence-electron chi connectivity index (χ4n) is 3.76. The van der Waals surface area contributed by atoms with E-state index in [1.165, 1.54) is 17.0 Å². The van der Waals surface area contributed by atoms with Gasteiger partial charge in [-0.2, -0.15) is 0 Å². The Morgan fingerprint density at radius 2 is 1.61 bits per heavy atom. The van der Waals surface area contributed by atoms with E-state index in [1.54, 1.807) is 49.5 Å². The van der Waals surface area contributed by atoms with Gasteiger partial charge in [0.1, 0.15) is 10.2 Å². The summed E-state index contributed by atoms with van der Waals surface area (Å²) in [6, 6.07) is 17.5. The summed E-state index contributed by atoms with van der Waals surface area (Å²) in [4.78, 5) is 27.1. The standard InChI is InChI=1S/C24H17Cl4FN2O2/c1-31(17-5-3-2-4-6-17)23(33)18-12-16(7-8-19(18)29)30-22(32)21-20(24(21,27)28)13-9-14(25)11-15(26)10-13/h2-12,20-21H,1H3,(H,30,32). The van der Waals surface area contributed by atoms with Crippen molar-refractivity contribution in [3.05, 3.63) is 93.7 Å². The number of hydrogen-bond acceptors (Lipinski definition) is 2. The highest BCUT2D eigenvalue weighted by Gasteiger charge is 2.67. The second-order valence-corrected chi connectivity index (χ2v) is 10.0. The van der Waals surface area contributed by atoms with Crippen LogP contribution in [0.1, 0.15) is 21.8 Å². The fourth-order valence-corrected chi connectivity index (χ4v) is 5.13. The first-order valence-corrected chi connectivity index (χ1v) is 11.4. The van der Waals surface area contributed by atoms with Crippen molar-refractivity contribution in [1.29, 1.82) is 0 Å². The maximum absolute atomic E-state index is 14.5. The van der Waals surface area contributed by atoms with E-state index in [-0.39, 0.29) is 11.3 Å². The molecule has 9 heteroatoms. The van der Waals surface area contributed by atoms with Crippen LogP contribution in [0.3, 0.4) is 0 Å². The van der Waals surface area contributed by atoms with Gasteiger partial charge >= 0.3 is 0 Å². The third kappa shape index (κ3) is 4.82. The lowest BCUT2D eigenvalue weighted by Gasteiger charge is -2.18. The number of rotatable bonds is 5. The van der Waals surface area contributed by atoms with Crippen molar-refractivity contribution in [2.24, 2.45) is 5.92 Å².